The molecule has 0 unspecified atom stereocenters. The number of aromatic nitrogens is 4. The third kappa shape index (κ3) is 2.91. The first-order valence-electron chi connectivity index (χ1n) is 7.89. The maximum Gasteiger partial charge on any atom is 0.242 e. The molecule has 0 atom stereocenters. The molecule has 9 heteroatoms. The van der Waals surface area contributed by atoms with Crippen LogP contribution in [0.1, 0.15) is 30.3 Å². The molecule has 0 N–H and O–H groups in total. The number of amides is 1. The molecule has 1 aliphatic carbocycles. The first-order chi connectivity index (χ1) is 11.5. The fourth-order valence-corrected chi connectivity index (χ4v) is 4.24. The van der Waals surface area contributed by atoms with E-state index in [1.54, 1.807) is 9.58 Å². The van der Waals surface area contributed by atoms with Gasteiger partial charge in [-0.05, 0) is 41.3 Å². The lowest BCUT2D eigenvalue weighted by Crippen LogP contribution is -2.35. The van der Waals surface area contributed by atoms with E-state index >= 15 is 0 Å². The Balaban J connectivity index is 1.48. The van der Waals surface area contributed by atoms with E-state index in [9.17, 15) is 13.2 Å². The molecule has 0 bridgehead atoms. The van der Waals surface area contributed by atoms with Gasteiger partial charge in [0.05, 0.1) is 6.04 Å². The number of sulfone groups is 1. The molecule has 0 spiro atoms. The molecular weight excluding hydrogens is 330 g/mol. The number of rotatable bonds is 5. The number of carbonyl (C=O) groups excluding carboxylic acids is 1. The van der Waals surface area contributed by atoms with Crippen molar-refractivity contribution in [1.29, 1.82) is 0 Å². The van der Waals surface area contributed by atoms with Crippen LogP contribution in [0.15, 0.2) is 24.3 Å². The third-order valence-corrected chi connectivity index (χ3v) is 5.72. The minimum atomic E-state index is -3.63. The lowest BCUT2D eigenvalue weighted by atomic mass is 10.2. The number of nitrogens with zero attached hydrogens (tertiary/aromatic N) is 5. The van der Waals surface area contributed by atoms with Crippen LogP contribution >= 0.6 is 0 Å². The van der Waals surface area contributed by atoms with Crippen LogP contribution in [0.2, 0.25) is 0 Å². The van der Waals surface area contributed by atoms with Gasteiger partial charge in [-0.1, -0.05) is 18.2 Å². The van der Waals surface area contributed by atoms with Gasteiger partial charge in [-0.15, -0.1) is 5.10 Å². The van der Waals surface area contributed by atoms with Gasteiger partial charge in [0.15, 0.2) is 15.7 Å². The van der Waals surface area contributed by atoms with Crippen molar-refractivity contribution in [2.45, 2.75) is 31.1 Å². The monoisotopic (exact) mass is 347 g/mol. The predicted molar refractivity (Wildman–Crippen MR) is 86.1 cm³/mol. The quantitative estimate of drug-likeness (QED) is 0.782. The molecule has 1 fully saturated rings. The average molecular weight is 347 g/mol. The highest BCUT2D eigenvalue weighted by Gasteiger charge is 2.32. The van der Waals surface area contributed by atoms with Crippen LogP contribution in [0, 0.1) is 0 Å². The molecule has 2 aromatic rings. The first-order valence-corrected chi connectivity index (χ1v) is 9.71. The fraction of sp³-hybridized carbons (Fsp3) is 0.467. The minimum absolute atomic E-state index is 0.200. The lowest BCUT2D eigenvalue weighted by molar-refractivity contribution is -0.116. The molecule has 1 aromatic heterocycles. The van der Waals surface area contributed by atoms with Crippen molar-refractivity contribution < 1.29 is 13.2 Å². The molecule has 1 amide bonds. The van der Waals surface area contributed by atoms with Crippen LogP contribution in [0.4, 0.5) is 5.69 Å². The third-order valence-electron chi connectivity index (χ3n) is 4.33. The van der Waals surface area contributed by atoms with Gasteiger partial charge < -0.3 is 4.90 Å². The number of tetrazole rings is 1. The van der Waals surface area contributed by atoms with Crippen LogP contribution in [0.3, 0.4) is 0 Å². The highest BCUT2D eigenvalue weighted by atomic mass is 32.2. The van der Waals surface area contributed by atoms with E-state index in [0.717, 1.165) is 30.5 Å². The summed E-state index contributed by atoms with van der Waals surface area (Å²) in [6, 6.07) is 7.78. The molecule has 2 heterocycles. The van der Waals surface area contributed by atoms with E-state index in [1.807, 2.05) is 24.3 Å². The van der Waals surface area contributed by atoms with Crippen molar-refractivity contribution in [2.24, 2.45) is 0 Å². The van der Waals surface area contributed by atoms with Crippen LogP contribution < -0.4 is 4.90 Å². The highest BCUT2D eigenvalue weighted by Crippen LogP contribution is 2.34. The number of benzene rings is 1. The van der Waals surface area contributed by atoms with Gasteiger partial charge in [-0.25, -0.2) is 13.1 Å². The Morgan fingerprint density at radius 2 is 2.04 bits per heavy atom. The maximum absolute atomic E-state index is 12.5. The minimum Gasteiger partial charge on any atom is -0.311 e. The fourth-order valence-electron chi connectivity index (χ4n) is 3.02. The van der Waals surface area contributed by atoms with E-state index in [0.29, 0.717) is 12.4 Å². The zero-order chi connectivity index (χ0) is 16.7. The van der Waals surface area contributed by atoms with Crippen molar-refractivity contribution in [1.82, 2.24) is 20.2 Å². The topological polar surface area (TPSA) is 98.0 Å². The standard InChI is InChI=1S/C15H17N5O3S/c21-15(19-8-7-11-3-1-2-4-13(11)19)10-24(22,23)9-14-16-17-18-20(14)12-5-6-12/h1-4,12H,5-10H2. The first kappa shape index (κ1) is 15.3. The smallest absolute Gasteiger partial charge is 0.242 e. The summed E-state index contributed by atoms with van der Waals surface area (Å²) in [6.07, 6.45) is 2.67. The number of anilines is 1. The average Bonchev–Trinajstić information content (AvgIpc) is 3.12. The second-order valence-corrected chi connectivity index (χ2v) is 8.29. The predicted octanol–water partition coefficient (Wildman–Crippen LogP) is 0.512. The molecule has 2 aliphatic rings. The van der Waals surface area contributed by atoms with Crippen molar-refractivity contribution in [3.05, 3.63) is 35.7 Å². The van der Waals surface area contributed by atoms with Crippen molar-refractivity contribution >= 4 is 21.4 Å². The van der Waals surface area contributed by atoms with Gasteiger partial charge in [0.2, 0.25) is 5.91 Å². The molecular formula is C15H17N5O3S. The number of carbonyl (C=O) groups is 1. The summed E-state index contributed by atoms with van der Waals surface area (Å²) in [5.41, 5.74) is 1.88. The molecule has 1 aromatic carbocycles. The SMILES string of the molecule is O=C(CS(=O)(=O)Cc1nnnn1C1CC1)N1CCc2ccccc21. The van der Waals surface area contributed by atoms with Gasteiger partial charge in [-0.3, -0.25) is 4.79 Å². The summed E-state index contributed by atoms with van der Waals surface area (Å²) >= 11 is 0. The number of hydrogen-bond acceptors (Lipinski definition) is 6. The van der Waals surface area contributed by atoms with Gasteiger partial charge in [-0.2, -0.15) is 0 Å². The van der Waals surface area contributed by atoms with Gasteiger partial charge in [0, 0.05) is 12.2 Å². The highest BCUT2D eigenvalue weighted by molar-refractivity contribution is 7.91. The van der Waals surface area contributed by atoms with Gasteiger partial charge >= 0.3 is 0 Å². The van der Waals surface area contributed by atoms with Crippen molar-refractivity contribution in [3.8, 4) is 0 Å². The van der Waals surface area contributed by atoms with Gasteiger partial charge in [0.1, 0.15) is 11.5 Å². The molecule has 1 saturated carbocycles. The van der Waals surface area contributed by atoms with E-state index in [-0.39, 0.29) is 11.8 Å². The van der Waals surface area contributed by atoms with Crippen LogP contribution in [0.25, 0.3) is 0 Å². The Morgan fingerprint density at radius 1 is 1.25 bits per heavy atom. The largest absolute Gasteiger partial charge is 0.311 e. The second kappa shape index (κ2) is 5.66. The number of hydrogen-bond donors (Lipinski definition) is 0. The number of fused-ring (bicyclic) bond motifs is 1. The Labute approximate surface area is 139 Å². The van der Waals surface area contributed by atoms with E-state index in [2.05, 4.69) is 15.5 Å². The maximum atomic E-state index is 12.5. The van der Waals surface area contributed by atoms with Crippen LogP contribution in [-0.4, -0.2) is 46.8 Å². The lowest BCUT2D eigenvalue weighted by Gasteiger charge is -2.17. The Kier molecular flexibility index (Phi) is 3.60. The Morgan fingerprint density at radius 3 is 2.83 bits per heavy atom. The number of para-hydroxylation sites is 1. The van der Waals surface area contributed by atoms with E-state index in [4.69, 9.17) is 0 Å². The van der Waals surface area contributed by atoms with Crippen molar-refractivity contribution in [2.75, 3.05) is 17.2 Å². The molecule has 0 saturated heterocycles. The molecule has 24 heavy (non-hydrogen) atoms. The summed E-state index contributed by atoms with van der Waals surface area (Å²) in [5, 5.41) is 11.2. The van der Waals surface area contributed by atoms with E-state index in [1.165, 1.54) is 0 Å². The van der Waals surface area contributed by atoms with Gasteiger partial charge in [0.25, 0.3) is 0 Å². The zero-order valence-corrected chi connectivity index (χ0v) is 13.8. The van der Waals surface area contributed by atoms with Crippen LogP contribution in [-0.2, 0) is 26.8 Å². The summed E-state index contributed by atoms with van der Waals surface area (Å²) in [7, 11) is -3.63. The second-order valence-electron chi connectivity index (χ2n) is 6.23. The summed E-state index contributed by atoms with van der Waals surface area (Å²) in [4.78, 5) is 14.0. The summed E-state index contributed by atoms with van der Waals surface area (Å²) in [5.74, 6) is -0.922. The van der Waals surface area contributed by atoms with E-state index < -0.39 is 21.5 Å². The normalized spacial score (nSPS) is 17.1. The molecule has 126 valence electrons. The molecule has 1 aliphatic heterocycles. The van der Waals surface area contributed by atoms with Crippen LogP contribution in [0.5, 0.6) is 0 Å². The zero-order valence-electron chi connectivity index (χ0n) is 13.0. The molecule has 8 nitrogen and oxygen atoms in total. The Hall–Kier alpha value is -2.29. The molecule has 0 radical (unpaired) electrons. The molecule has 4 rings (SSSR count). The van der Waals surface area contributed by atoms with Crippen molar-refractivity contribution in [3.63, 3.8) is 0 Å². The Bertz CT molecular complexity index is 888. The summed E-state index contributed by atoms with van der Waals surface area (Å²) < 4.78 is 26.4. The summed E-state index contributed by atoms with van der Waals surface area (Å²) in [6.45, 7) is 0.521.